The minimum Gasteiger partial charge on any atom is -0.381 e. The fourth-order valence-corrected chi connectivity index (χ4v) is 3.82. The predicted molar refractivity (Wildman–Crippen MR) is 112 cm³/mol. The second kappa shape index (κ2) is 10.1. The Labute approximate surface area is 175 Å². The second-order valence-electron chi connectivity index (χ2n) is 7.79. The number of halogens is 3. The molecule has 1 aromatic heterocycles. The Bertz CT molecular complexity index is 785. The Morgan fingerprint density at radius 3 is 2.77 bits per heavy atom. The van der Waals surface area contributed by atoms with Crippen LogP contribution in [-0.4, -0.2) is 41.5 Å². The summed E-state index contributed by atoms with van der Waals surface area (Å²) in [5, 5.41) is 2.99. The Balaban J connectivity index is 1.85. The summed E-state index contributed by atoms with van der Waals surface area (Å²) < 4.78 is 44.6. The Hall–Kier alpha value is -2.35. The standard InChI is InChI=1S/C22H29F3N4O/c1-3-21(29-12-4-5-16(29)2)28-19(7-6-17-9-13-30-14-10-17)27-20-15-18(8-11-26-20)22(23,24)25/h3,7-8,11,15-17H,1,4-6,9-10,12-14H2,2H3,(H,26,27)/b19-7-,28-21?/t16-/m1/s1. The lowest BCUT2D eigenvalue weighted by atomic mass is 9.96. The average molecular weight is 422 g/mol. The van der Waals surface area contributed by atoms with Crippen LogP contribution in [0.15, 0.2) is 47.9 Å². The molecule has 2 saturated heterocycles. The number of alkyl halides is 3. The third kappa shape index (κ3) is 6.08. The van der Waals surface area contributed by atoms with Gasteiger partial charge in [0.05, 0.1) is 5.56 Å². The number of amidine groups is 1. The van der Waals surface area contributed by atoms with Gasteiger partial charge in [-0.3, -0.25) is 0 Å². The maximum Gasteiger partial charge on any atom is 0.416 e. The molecule has 0 radical (unpaired) electrons. The van der Waals surface area contributed by atoms with Crippen LogP contribution in [-0.2, 0) is 10.9 Å². The van der Waals surface area contributed by atoms with E-state index in [1.165, 1.54) is 0 Å². The van der Waals surface area contributed by atoms with Gasteiger partial charge in [0, 0.05) is 32.0 Å². The fourth-order valence-electron chi connectivity index (χ4n) is 3.82. The van der Waals surface area contributed by atoms with E-state index in [-0.39, 0.29) is 5.82 Å². The summed E-state index contributed by atoms with van der Waals surface area (Å²) in [6.07, 6.45) is 5.24. The van der Waals surface area contributed by atoms with Crippen LogP contribution in [0.4, 0.5) is 19.0 Å². The average Bonchev–Trinajstić information content (AvgIpc) is 3.16. The minimum atomic E-state index is -4.42. The summed E-state index contributed by atoms with van der Waals surface area (Å²) in [5.41, 5.74) is -0.745. The molecule has 1 aromatic rings. The number of aromatic nitrogens is 1. The maximum atomic E-state index is 13.1. The number of pyridine rings is 1. The summed E-state index contributed by atoms with van der Waals surface area (Å²) in [5.74, 6) is 1.79. The third-order valence-electron chi connectivity index (χ3n) is 5.59. The van der Waals surface area contributed by atoms with Crippen LogP contribution < -0.4 is 5.32 Å². The van der Waals surface area contributed by atoms with Gasteiger partial charge in [0.2, 0.25) is 0 Å². The van der Waals surface area contributed by atoms with Crippen LogP contribution in [0.2, 0.25) is 0 Å². The van der Waals surface area contributed by atoms with E-state index in [9.17, 15) is 13.2 Å². The molecule has 0 spiro atoms. The first-order chi connectivity index (χ1) is 14.4. The molecular formula is C22H29F3N4O. The first-order valence-electron chi connectivity index (χ1n) is 10.4. The van der Waals surface area contributed by atoms with Crippen molar-refractivity contribution >= 4 is 11.7 Å². The van der Waals surface area contributed by atoms with Gasteiger partial charge in [-0.05, 0) is 69.2 Å². The molecule has 0 aromatic carbocycles. The normalized spacial score (nSPS) is 21.7. The number of rotatable bonds is 6. The molecule has 2 aliphatic heterocycles. The van der Waals surface area contributed by atoms with Crippen molar-refractivity contribution < 1.29 is 17.9 Å². The van der Waals surface area contributed by atoms with E-state index in [4.69, 9.17) is 9.73 Å². The van der Waals surface area contributed by atoms with E-state index in [1.807, 2.05) is 6.08 Å². The van der Waals surface area contributed by atoms with E-state index >= 15 is 0 Å². The number of hydrogen-bond acceptors (Lipinski definition) is 4. The molecule has 1 N–H and O–H groups in total. The van der Waals surface area contributed by atoms with Gasteiger partial charge < -0.3 is 15.0 Å². The lowest BCUT2D eigenvalue weighted by molar-refractivity contribution is -0.137. The van der Waals surface area contributed by atoms with E-state index in [1.54, 1.807) is 6.08 Å². The summed E-state index contributed by atoms with van der Waals surface area (Å²) in [6.45, 7) is 8.39. The molecule has 2 aliphatic rings. The van der Waals surface area contributed by atoms with Crippen LogP contribution in [0.25, 0.3) is 0 Å². The molecule has 3 rings (SSSR count). The van der Waals surface area contributed by atoms with Crippen molar-refractivity contribution in [2.45, 2.75) is 51.2 Å². The van der Waals surface area contributed by atoms with E-state index in [2.05, 4.69) is 28.7 Å². The van der Waals surface area contributed by atoms with Crippen molar-refractivity contribution in [2.75, 3.05) is 25.1 Å². The Kier molecular flexibility index (Phi) is 7.53. The van der Waals surface area contributed by atoms with Gasteiger partial charge >= 0.3 is 6.18 Å². The van der Waals surface area contributed by atoms with Gasteiger partial charge in [-0.2, -0.15) is 13.2 Å². The van der Waals surface area contributed by atoms with E-state index in [0.717, 1.165) is 76.0 Å². The molecule has 5 nitrogen and oxygen atoms in total. The summed E-state index contributed by atoms with van der Waals surface area (Å²) >= 11 is 0. The number of aliphatic imine (C=N–C) groups is 1. The number of allylic oxidation sites excluding steroid dienone is 1. The van der Waals surface area contributed by atoms with Crippen molar-refractivity contribution in [3.8, 4) is 0 Å². The van der Waals surface area contributed by atoms with Gasteiger partial charge in [-0.15, -0.1) is 0 Å². The monoisotopic (exact) mass is 422 g/mol. The molecule has 164 valence electrons. The van der Waals surface area contributed by atoms with Crippen LogP contribution in [0.1, 0.15) is 44.6 Å². The Morgan fingerprint density at radius 1 is 1.37 bits per heavy atom. The maximum absolute atomic E-state index is 13.1. The Morgan fingerprint density at radius 2 is 2.13 bits per heavy atom. The SMILES string of the molecule is C=CC(=N/C(=C\CC1CCOCC1)Nc1cc(C(F)(F)F)ccn1)N1CCC[C@H]1C. The highest BCUT2D eigenvalue weighted by Gasteiger charge is 2.31. The topological polar surface area (TPSA) is 49.8 Å². The fraction of sp³-hybridized carbons (Fsp3) is 0.545. The number of nitrogens with zero attached hydrogens (tertiary/aromatic N) is 3. The molecule has 0 unspecified atom stereocenters. The quantitative estimate of drug-likeness (QED) is 0.503. The predicted octanol–water partition coefficient (Wildman–Crippen LogP) is 5.24. The number of anilines is 1. The smallest absolute Gasteiger partial charge is 0.381 e. The molecule has 3 heterocycles. The highest BCUT2D eigenvalue weighted by Crippen LogP contribution is 2.30. The highest BCUT2D eigenvalue weighted by molar-refractivity contribution is 5.93. The zero-order valence-electron chi connectivity index (χ0n) is 17.3. The number of nitrogens with one attached hydrogen (secondary N) is 1. The molecule has 0 saturated carbocycles. The third-order valence-corrected chi connectivity index (χ3v) is 5.59. The number of ether oxygens (including phenoxy) is 1. The second-order valence-corrected chi connectivity index (χ2v) is 7.79. The van der Waals surface area contributed by atoms with Crippen LogP contribution in [0.3, 0.4) is 0 Å². The van der Waals surface area contributed by atoms with Gasteiger partial charge in [0.15, 0.2) is 0 Å². The molecular weight excluding hydrogens is 393 g/mol. The zero-order valence-corrected chi connectivity index (χ0v) is 17.3. The molecule has 0 aliphatic carbocycles. The molecule has 0 bridgehead atoms. The van der Waals surface area contributed by atoms with E-state index in [0.29, 0.717) is 17.8 Å². The van der Waals surface area contributed by atoms with E-state index < -0.39 is 11.7 Å². The van der Waals surface area contributed by atoms with Crippen LogP contribution >= 0.6 is 0 Å². The lowest BCUT2D eigenvalue weighted by Crippen LogP contribution is -2.32. The van der Waals surface area contributed by atoms with Crippen LogP contribution in [0, 0.1) is 5.92 Å². The van der Waals surface area contributed by atoms with Gasteiger partial charge in [0.25, 0.3) is 0 Å². The zero-order chi connectivity index (χ0) is 21.6. The van der Waals surface area contributed by atoms with Crippen molar-refractivity contribution in [1.82, 2.24) is 9.88 Å². The summed E-state index contributed by atoms with van der Waals surface area (Å²) in [6, 6.07) is 2.32. The molecule has 8 heteroatoms. The van der Waals surface area contributed by atoms with Crippen molar-refractivity contribution in [3.63, 3.8) is 0 Å². The molecule has 30 heavy (non-hydrogen) atoms. The van der Waals surface area contributed by atoms with Crippen molar-refractivity contribution in [1.29, 1.82) is 0 Å². The van der Waals surface area contributed by atoms with Gasteiger partial charge in [0.1, 0.15) is 17.5 Å². The molecule has 0 amide bonds. The first kappa shape index (κ1) is 22.3. The highest BCUT2D eigenvalue weighted by atomic mass is 19.4. The summed E-state index contributed by atoms with van der Waals surface area (Å²) in [7, 11) is 0. The van der Waals surface area contributed by atoms with Crippen molar-refractivity contribution in [3.05, 3.63) is 48.4 Å². The number of hydrogen-bond donors (Lipinski definition) is 1. The molecule has 2 fully saturated rings. The lowest BCUT2D eigenvalue weighted by Gasteiger charge is -2.24. The largest absolute Gasteiger partial charge is 0.416 e. The molecule has 1 atom stereocenters. The first-order valence-corrected chi connectivity index (χ1v) is 10.4. The van der Waals surface area contributed by atoms with Gasteiger partial charge in [-0.25, -0.2) is 9.98 Å². The number of likely N-dealkylation sites (tertiary alicyclic amines) is 1. The van der Waals surface area contributed by atoms with Crippen LogP contribution in [0.5, 0.6) is 0 Å². The summed E-state index contributed by atoms with van der Waals surface area (Å²) in [4.78, 5) is 11.0. The minimum absolute atomic E-state index is 0.115. The van der Waals surface area contributed by atoms with Gasteiger partial charge in [-0.1, -0.05) is 6.58 Å². The van der Waals surface area contributed by atoms with Crippen molar-refractivity contribution in [2.24, 2.45) is 10.9 Å².